The van der Waals surface area contributed by atoms with Gasteiger partial charge in [-0.2, -0.15) is 0 Å². The van der Waals surface area contributed by atoms with Crippen molar-refractivity contribution in [2.24, 2.45) is 0 Å². The van der Waals surface area contributed by atoms with Crippen LogP contribution >= 0.6 is 0 Å². The summed E-state index contributed by atoms with van der Waals surface area (Å²) < 4.78 is 30.3. The lowest BCUT2D eigenvalue weighted by Crippen LogP contribution is -2.49. The number of rotatable bonds is 12. The highest BCUT2D eigenvalue weighted by Gasteiger charge is 2.35. The molecule has 1 amide bonds. The largest absolute Gasteiger partial charge is 0.489 e. The van der Waals surface area contributed by atoms with Crippen LogP contribution in [0.4, 0.5) is 10.5 Å². The summed E-state index contributed by atoms with van der Waals surface area (Å²) in [4.78, 5) is 17.3. The van der Waals surface area contributed by atoms with Crippen molar-refractivity contribution in [3.8, 4) is 11.5 Å². The molecule has 0 spiro atoms. The predicted molar refractivity (Wildman–Crippen MR) is 173 cm³/mol. The Kier molecular flexibility index (Phi) is 10.7. The molecule has 3 aromatic rings. The van der Waals surface area contributed by atoms with Crippen LogP contribution in [-0.4, -0.2) is 88.9 Å². The number of benzene rings is 3. The van der Waals surface area contributed by atoms with Gasteiger partial charge in [0.15, 0.2) is 0 Å². The first-order chi connectivity index (χ1) is 22.2. The summed E-state index contributed by atoms with van der Waals surface area (Å²) in [5.74, 6) is 1.88. The van der Waals surface area contributed by atoms with Gasteiger partial charge in [-0.25, -0.2) is 4.79 Å². The van der Waals surface area contributed by atoms with E-state index in [1.165, 1.54) is 5.56 Å². The second-order valence-corrected chi connectivity index (χ2v) is 12.1. The number of para-hydroxylation sites is 2. The molecule has 0 aromatic heterocycles. The van der Waals surface area contributed by atoms with E-state index in [0.29, 0.717) is 26.3 Å². The van der Waals surface area contributed by atoms with Gasteiger partial charge in [-0.1, -0.05) is 54.6 Å². The van der Waals surface area contributed by atoms with E-state index in [0.717, 1.165) is 68.2 Å². The van der Waals surface area contributed by atoms with Gasteiger partial charge in [0.2, 0.25) is 0 Å². The minimum atomic E-state index is -0.313. The highest BCUT2D eigenvalue weighted by Crippen LogP contribution is 2.35. The Morgan fingerprint density at radius 3 is 2.60 bits per heavy atom. The number of hydrogen-bond donors (Lipinski definition) is 1. The van der Waals surface area contributed by atoms with Crippen molar-refractivity contribution in [2.75, 3.05) is 64.5 Å². The van der Waals surface area contributed by atoms with Gasteiger partial charge in [0.05, 0.1) is 31.5 Å². The third-order valence-electron chi connectivity index (χ3n) is 8.84. The van der Waals surface area contributed by atoms with Crippen LogP contribution in [0.25, 0.3) is 0 Å². The molecule has 3 aromatic carbocycles. The number of hydrogen-bond acceptors (Lipinski definition) is 8. The monoisotopic (exact) mass is 615 g/mol. The number of nitrogens with zero attached hydrogens (tertiary/aromatic N) is 2. The molecule has 240 valence electrons. The first-order valence-electron chi connectivity index (χ1n) is 16.2. The molecule has 6 rings (SSSR count). The molecule has 0 aliphatic carbocycles. The van der Waals surface area contributed by atoms with E-state index in [1.807, 2.05) is 48.5 Å². The Morgan fingerprint density at radius 2 is 1.80 bits per heavy atom. The van der Waals surface area contributed by atoms with Crippen molar-refractivity contribution in [3.63, 3.8) is 0 Å². The topological polar surface area (TPSA) is 81.7 Å². The number of methoxy groups -OCH3 is 1. The van der Waals surface area contributed by atoms with Crippen LogP contribution in [-0.2, 0) is 20.8 Å². The van der Waals surface area contributed by atoms with Gasteiger partial charge in [0, 0.05) is 39.3 Å². The molecule has 0 radical (unpaired) electrons. The van der Waals surface area contributed by atoms with Crippen LogP contribution in [0.1, 0.15) is 36.3 Å². The molecule has 45 heavy (non-hydrogen) atoms. The lowest BCUT2D eigenvalue weighted by molar-refractivity contribution is -0.0435. The molecule has 3 aliphatic rings. The standard InChI is InChI=1S/C36H45N3O6/c1-41-21-7-19-38-23-31(45-34-11-6-5-10-33(34)38)26-42-35-24-39(36(40)43-25-27-8-3-2-4-9-27)20-17-32(35)28-12-14-29(15-13-28)44-30-16-18-37-22-30/h2-6,8-15,30-32,35,37H,7,16-26H2,1H3. The minimum Gasteiger partial charge on any atom is -0.489 e. The Bertz CT molecular complexity index is 1350. The van der Waals surface area contributed by atoms with E-state index >= 15 is 0 Å². The highest BCUT2D eigenvalue weighted by atomic mass is 16.6. The van der Waals surface area contributed by atoms with Crippen molar-refractivity contribution >= 4 is 11.8 Å². The summed E-state index contributed by atoms with van der Waals surface area (Å²) in [5, 5.41) is 3.35. The molecule has 2 fully saturated rings. The summed E-state index contributed by atoms with van der Waals surface area (Å²) in [5.41, 5.74) is 3.25. The van der Waals surface area contributed by atoms with Gasteiger partial charge in [-0.05, 0) is 61.2 Å². The third kappa shape index (κ3) is 8.28. The number of carbonyl (C=O) groups is 1. The average molecular weight is 616 g/mol. The number of nitrogens with one attached hydrogen (secondary N) is 1. The number of fused-ring (bicyclic) bond motifs is 1. The van der Waals surface area contributed by atoms with Crippen molar-refractivity contribution in [3.05, 3.63) is 90.0 Å². The van der Waals surface area contributed by atoms with Crippen molar-refractivity contribution in [2.45, 2.75) is 50.1 Å². The lowest BCUT2D eigenvalue weighted by atomic mass is 9.87. The predicted octanol–water partition coefficient (Wildman–Crippen LogP) is 5.24. The fraction of sp³-hybridized carbons (Fsp3) is 0.472. The van der Waals surface area contributed by atoms with E-state index in [9.17, 15) is 4.79 Å². The second kappa shape index (κ2) is 15.5. The highest BCUT2D eigenvalue weighted by molar-refractivity contribution is 5.68. The fourth-order valence-corrected chi connectivity index (χ4v) is 6.47. The summed E-state index contributed by atoms with van der Waals surface area (Å²) in [7, 11) is 1.74. The normalized spacial score (nSPS) is 22.9. The van der Waals surface area contributed by atoms with Gasteiger partial charge in [-0.15, -0.1) is 0 Å². The summed E-state index contributed by atoms with van der Waals surface area (Å²) >= 11 is 0. The number of carbonyl (C=O) groups excluding carboxylic acids is 1. The maximum atomic E-state index is 13.2. The first-order valence-corrected chi connectivity index (χ1v) is 16.2. The SMILES string of the molecule is COCCCN1CC(COC2CN(C(=O)OCc3ccccc3)CCC2c2ccc(OC3CCNC3)cc2)Oc2ccccc21. The van der Waals surface area contributed by atoms with Crippen LogP contribution in [0.2, 0.25) is 0 Å². The Balaban J connectivity index is 1.13. The quantitative estimate of drug-likeness (QED) is 0.277. The Labute approximate surface area is 266 Å². The van der Waals surface area contributed by atoms with E-state index in [2.05, 4.69) is 40.5 Å². The van der Waals surface area contributed by atoms with E-state index in [-0.39, 0.29) is 36.9 Å². The summed E-state index contributed by atoms with van der Waals surface area (Å²) in [6.07, 6.45) is 2.28. The van der Waals surface area contributed by atoms with Crippen LogP contribution in [0.15, 0.2) is 78.9 Å². The molecule has 4 unspecified atom stereocenters. The Morgan fingerprint density at radius 1 is 0.978 bits per heavy atom. The molecule has 3 aliphatic heterocycles. The fourth-order valence-electron chi connectivity index (χ4n) is 6.47. The zero-order chi connectivity index (χ0) is 30.8. The molecule has 0 saturated carbocycles. The molecule has 9 nitrogen and oxygen atoms in total. The van der Waals surface area contributed by atoms with Crippen LogP contribution < -0.4 is 19.7 Å². The number of amides is 1. The van der Waals surface area contributed by atoms with Crippen molar-refractivity contribution < 1.29 is 28.5 Å². The molecule has 1 N–H and O–H groups in total. The smallest absolute Gasteiger partial charge is 0.410 e. The van der Waals surface area contributed by atoms with Crippen LogP contribution in [0.3, 0.4) is 0 Å². The molecule has 0 bridgehead atoms. The number of ether oxygens (including phenoxy) is 5. The van der Waals surface area contributed by atoms with Gasteiger partial charge >= 0.3 is 6.09 Å². The van der Waals surface area contributed by atoms with E-state index in [4.69, 9.17) is 23.7 Å². The van der Waals surface area contributed by atoms with Gasteiger partial charge in [0.25, 0.3) is 0 Å². The Hall–Kier alpha value is -3.79. The maximum absolute atomic E-state index is 13.2. The van der Waals surface area contributed by atoms with Gasteiger partial charge in [0.1, 0.15) is 30.3 Å². The van der Waals surface area contributed by atoms with Crippen molar-refractivity contribution in [1.29, 1.82) is 0 Å². The number of piperidine rings is 1. The van der Waals surface area contributed by atoms with E-state index < -0.39 is 0 Å². The molecule has 3 heterocycles. The first kappa shape index (κ1) is 31.2. The number of likely N-dealkylation sites (tertiary alicyclic amines) is 1. The summed E-state index contributed by atoms with van der Waals surface area (Å²) in [6, 6.07) is 26.4. The molecule has 4 atom stereocenters. The molecule has 9 heteroatoms. The summed E-state index contributed by atoms with van der Waals surface area (Å²) in [6.45, 7) is 5.91. The molecular formula is C36H45N3O6. The van der Waals surface area contributed by atoms with Gasteiger partial charge < -0.3 is 38.8 Å². The van der Waals surface area contributed by atoms with Crippen LogP contribution in [0.5, 0.6) is 11.5 Å². The second-order valence-electron chi connectivity index (χ2n) is 12.1. The minimum absolute atomic E-state index is 0.124. The average Bonchev–Trinajstić information content (AvgIpc) is 3.60. The van der Waals surface area contributed by atoms with Gasteiger partial charge in [-0.3, -0.25) is 0 Å². The van der Waals surface area contributed by atoms with E-state index in [1.54, 1.807) is 12.0 Å². The molecule has 2 saturated heterocycles. The maximum Gasteiger partial charge on any atom is 0.410 e. The zero-order valence-electron chi connectivity index (χ0n) is 26.1. The third-order valence-corrected chi connectivity index (χ3v) is 8.84. The molecular weight excluding hydrogens is 570 g/mol. The lowest BCUT2D eigenvalue weighted by Gasteiger charge is -2.40. The van der Waals surface area contributed by atoms with Crippen molar-refractivity contribution in [1.82, 2.24) is 10.2 Å². The van der Waals surface area contributed by atoms with Crippen LogP contribution in [0, 0.1) is 0 Å². The number of anilines is 1. The zero-order valence-corrected chi connectivity index (χ0v) is 26.1.